The molecule has 0 aliphatic carbocycles. The van der Waals surface area contributed by atoms with Gasteiger partial charge in [0.1, 0.15) is 6.61 Å². The average molecular weight is 447 g/mol. The molecule has 0 amide bonds. The molecule has 29 heavy (non-hydrogen) atoms. The molecule has 0 aromatic rings. The number of aliphatic carboxylic acids is 2. The van der Waals surface area contributed by atoms with Crippen LogP contribution in [0.15, 0.2) is 12.2 Å². The Morgan fingerprint density at radius 2 is 1.14 bits per heavy atom. The Balaban J connectivity index is -0.000000451. The summed E-state index contributed by atoms with van der Waals surface area (Å²) in [5, 5.41) is 43.4. The van der Waals surface area contributed by atoms with Crippen LogP contribution in [0.5, 0.6) is 0 Å². The molecule has 0 aliphatic heterocycles. The Hall–Kier alpha value is -0.334. The van der Waals surface area contributed by atoms with Gasteiger partial charge in [0, 0.05) is 18.4 Å². The predicted octanol–water partition coefficient (Wildman–Crippen LogP) is 0.697. The van der Waals surface area contributed by atoms with E-state index in [9.17, 15) is 14.4 Å². The molecule has 0 aromatic carbocycles. The standard InChI is InChI=1S/C10H18O4.C9H16O5.K.H/c11-9(12)7-5-3-1-2-4-6-8-10(13)14;1-7(2)8(13)14-6-9(3-10,4-11)5-12;;/h1-8H2,(H,11,12)(H,13,14);10-12H,1,3-6H2,2H3;;. The molecule has 0 unspecified atom stereocenters. The Bertz CT molecular complexity index is 448. The van der Waals surface area contributed by atoms with Crippen molar-refractivity contribution < 1.29 is 44.7 Å². The van der Waals surface area contributed by atoms with Crippen molar-refractivity contribution >= 4 is 69.3 Å². The molecule has 0 atom stereocenters. The number of aliphatic hydroxyl groups excluding tert-OH is 3. The van der Waals surface area contributed by atoms with Crippen LogP contribution in [-0.4, -0.2) is 121 Å². The van der Waals surface area contributed by atoms with E-state index in [1.807, 2.05) is 0 Å². The number of ether oxygens (including phenoxy) is 1. The van der Waals surface area contributed by atoms with Crippen molar-refractivity contribution in [2.24, 2.45) is 5.41 Å². The van der Waals surface area contributed by atoms with Crippen molar-refractivity contribution in [3.63, 3.8) is 0 Å². The maximum atomic E-state index is 11.0. The van der Waals surface area contributed by atoms with Gasteiger partial charge in [-0.1, -0.05) is 32.3 Å². The average Bonchev–Trinajstić information content (AvgIpc) is 2.65. The number of carbonyl (C=O) groups is 3. The second kappa shape index (κ2) is 20.9. The Kier molecular flexibility index (Phi) is 24.0. The normalized spacial score (nSPS) is 10.2. The third-order valence-corrected chi connectivity index (χ3v) is 3.90. The van der Waals surface area contributed by atoms with E-state index in [1.54, 1.807) is 0 Å². The first-order chi connectivity index (χ1) is 13.1. The summed E-state index contributed by atoms with van der Waals surface area (Å²) in [7, 11) is 0. The second-order valence-electron chi connectivity index (χ2n) is 6.74. The Morgan fingerprint density at radius 1 is 0.793 bits per heavy atom. The first kappa shape index (κ1) is 33.3. The fraction of sp³-hybridized carbons (Fsp3) is 0.737. The van der Waals surface area contributed by atoms with E-state index >= 15 is 0 Å². The van der Waals surface area contributed by atoms with Crippen molar-refractivity contribution in [3.8, 4) is 0 Å². The van der Waals surface area contributed by atoms with Crippen LogP contribution >= 0.6 is 0 Å². The molecule has 0 heterocycles. The van der Waals surface area contributed by atoms with Crippen LogP contribution in [0.4, 0.5) is 0 Å². The zero-order valence-electron chi connectivity index (χ0n) is 16.6. The number of unbranched alkanes of at least 4 members (excludes halogenated alkanes) is 5. The summed E-state index contributed by atoms with van der Waals surface area (Å²) in [6.07, 6.45) is 5.82. The molecule has 10 heteroatoms. The van der Waals surface area contributed by atoms with Crippen LogP contribution in [0.1, 0.15) is 58.3 Å². The van der Waals surface area contributed by atoms with Crippen LogP contribution < -0.4 is 0 Å². The molecule has 0 saturated heterocycles. The third-order valence-electron chi connectivity index (χ3n) is 3.90. The Labute approximate surface area is 214 Å². The van der Waals surface area contributed by atoms with Crippen molar-refractivity contribution in [1.29, 1.82) is 0 Å². The molecule has 0 saturated carbocycles. The van der Waals surface area contributed by atoms with Gasteiger partial charge in [0.05, 0.1) is 25.2 Å². The molecule has 0 aliphatic rings. The van der Waals surface area contributed by atoms with E-state index in [4.69, 9.17) is 30.3 Å². The molecule has 9 nitrogen and oxygen atoms in total. The number of carboxylic acid groups (broad SMARTS) is 2. The molecular formula is C19H35KO9. The summed E-state index contributed by atoms with van der Waals surface area (Å²) in [4.78, 5) is 31.3. The van der Waals surface area contributed by atoms with Crippen molar-refractivity contribution in [3.05, 3.63) is 12.2 Å². The van der Waals surface area contributed by atoms with Gasteiger partial charge >= 0.3 is 69.3 Å². The quantitative estimate of drug-likeness (QED) is 0.105. The minimum absolute atomic E-state index is 0. The zero-order chi connectivity index (χ0) is 22.0. The van der Waals surface area contributed by atoms with Crippen LogP contribution in [-0.2, 0) is 19.1 Å². The van der Waals surface area contributed by atoms with Crippen LogP contribution in [0.2, 0.25) is 0 Å². The van der Waals surface area contributed by atoms with Crippen molar-refractivity contribution in [1.82, 2.24) is 0 Å². The SMILES string of the molecule is C=C(C)C(=O)OCC(CO)(CO)CO.O=C(O)CCCCCCCCC(=O)O.[KH]. The number of hydrogen-bond donors (Lipinski definition) is 5. The van der Waals surface area contributed by atoms with E-state index in [-0.39, 0.29) is 76.4 Å². The summed E-state index contributed by atoms with van der Waals surface area (Å²) in [6, 6.07) is 0. The van der Waals surface area contributed by atoms with Gasteiger partial charge in [-0.2, -0.15) is 0 Å². The number of carbonyl (C=O) groups excluding carboxylic acids is 1. The summed E-state index contributed by atoms with van der Waals surface area (Å²) < 4.78 is 4.72. The molecule has 0 spiro atoms. The van der Waals surface area contributed by atoms with Gasteiger partial charge in [0.25, 0.3) is 0 Å². The topological polar surface area (TPSA) is 162 Å². The van der Waals surface area contributed by atoms with E-state index in [0.29, 0.717) is 0 Å². The van der Waals surface area contributed by atoms with E-state index in [0.717, 1.165) is 38.5 Å². The number of hydrogen-bond acceptors (Lipinski definition) is 7. The van der Waals surface area contributed by atoms with E-state index in [2.05, 4.69) is 6.58 Å². The van der Waals surface area contributed by atoms with Gasteiger partial charge in [0.2, 0.25) is 0 Å². The van der Waals surface area contributed by atoms with Crippen LogP contribution in [0.3, 0.4) is 0 Å². The summed E-state index contributed by atoms with van der Waals surface area (Å²) in [6.45, 7) is 3.26. The van der Waals surface area contributed by atoms with Gasteiger partial charge in [-0.15, -0.1) is 0 Å². The molecule has 5 N–H and O–H groups in total. The Morgan fingerprint density at radius 3 is 1.41 bits per heavy atom. The third kappa shape index (κ3) is 20.7. The van der Waals surface area contributed by atoms with Gasteiger partial charge in [-0.05, 0) is 19.8 Å². The van der Waals surface area contributed by atoms with Gasteiger partial charge in [-0.25, -0.2) is 4.79 Å². The molecule has 0 radical (unpaired) electrons. The predicted molar refractivity (Wildman–Crippen MR) is 109 cm³/mol. The second-order valence-corrected chi connectivity index (χ2v) is 6.74. The molecule has 166 valence electrons. The number of carboxylic acids is 2. The fourth-order valence-corrected chi connectivity index (χ4v) is 1.89. The van der Waals surface area contributed by atoms with E-state index in [1.165, 1.54) is 6.92 Å². The van der Waals surface area contributed by atoms with Gasteiger partial charge in [-0.3, -0.25) is 9.59 Å². The number of aliphatic hydroxyl groups is 3. The fourth-order valence-electron chi connectivity index (χ4n) is 1.89. The van der Waals surface area contributed by atoms with Gasteiger partial charge < -0.3 is 30.3 Å². The first-order valence-corrected chi connectivity index (χ1v) is 9.23. The molecule has 0 aromatic heterocycles. The monoisotopic (exact) mass is 446 g/mol. The van der Waals surface area contributed by atoms with Gasteiger partial charge in [0.15, 0.2) is 0 Å². The summed E-state index contributed by atoms with van der Waals surface area (Å²) in [5.74, 6) is -2.09. The van der Waals surface area contributed by atoms with Crippen LogP contribution in [0.25, 0.3) is 0 Å². The molecule has 0 fully saturated rings. The van der Waals surface area contributed by atoms with Crippen molar-refractivity contribution in [2.45, 2.75) is 58.3 Å². The van der Waals surface area contributed by atoms with E-state index < -0.39 is 43.1 Å². The number of esters is 1. The molecule has 0 bridgehead atoms. The number of rotatable bonds is 15. The maximum absolute atomic E-state index is 11.0. The first-order valence-electron chi connectivity index (χ1n) is 9.23. The molecular weight excluding hydrogens is 411 g/mol. The molecule has 0 rings (SSSR count). The summed E-state index contributed by atoms with van der Waals surface area (Å²) in [5.41, 5.74) is -0.946. The minimum atomic E-state index is -1.18. The summed E-state index contributed by atoms with van der Waals surface area (Å²) >= 11 is 0. The zero-order valence-corrected chi connectivity index (χ0v) is 16.6. The van der Waals surface area contributed by atoms with Crippen molar-refractivity contribution in [2.75, 3.05) is 26.4 Å². The van der Waals surface area contributed by atoms with Crippen LogP contribution in [0, 0.1) is 5.41 Å².